The van der Waals surface area contributed by atoms with E-state index >= 15 is 0 Å². The number of hydrogen-bond donors (Lipinski definition) is 1. The highest BCUT2D eigenvalue weighted by atomic mass is 16.1. The molecular formula is C17H20N2O. The van der Waals surface area contributed by atoms with Gasteiger partial charge in [0.1, 0.15) is 5.82 Å². The molecule has 3 nitrogen and oxygen atoms in total. The van der Waals surface area contributed by atoms with Crippen LogP contribution in [-0.4, -0.2) is 9.97 Å². The standard InChI is InChI=1S/C17H20N2O/c1-3-15-11(2)17(20)19-16(18-15)14-10-6-8-12-7-4-5-9-13(12)14/h4-5,7,9,14H,3,6,8,10H2,1-2H3,(H,18,19,20). The van der Waals surface area contributed by atoms with E-state index < -0.39 is 0 Å². The number of H-pyrrole nitrogens is 1. The number of nitrogens with zero attached hydrogens (tertiary/aromatic N) is 1. The summed E-state index contributed by atoms with van der Waals surface area (Å²) in [6.07, 6.45) is 4.15. The number of hydrogen-bond acceptors (Lipinski definition) is 2. The summed E-state index contributed by atoms with van der Waals surface area (Å²) in [6, 6.07) is 8.52. The fourth-order valence-corrected chi connectivity index (χ4v) is 3.15. The molecule has 1 N–H and O–H groups in total. The minimum absolute atomic E-state index is 0.00917. The fourth-order valence-electron chi connectivity index (χ4n) is 3.15. The Morgan fingerprint density at radius 2 is 2.15 bits per heavy atom. The number of fused-ring (bicyclic) bond motifs is 1. The number of aryl methyl sites for hydroxylation is 2. The molecule has 3 heteroatoms. The van der Waals surface area contributed by atoms with Crippen LogP contribution in [0.3, 0.4) is 0 Å². The SMILES string of the molecule is CCc1nc(C2CCCc3ccccc32)[nH]c(=O)c1C. The van der Waals surface area contributed by atoms with Crippen LogP contribution >= 0.6 is 0 Å². The van der Waals surface area contributed by atoms with Crippen LogP contribution in [0, 0.1) is 6.92 Å². The van der Waals surface area contributed by atoms with Crippen molar-refractivity contribution in [3.63, 3.8) is 0 Å². The molecule has 0 fully saturated rings. The summed E-state index contributed by atoms with van der Waals surface area (Å²) in [7, 11) is 0. The summed E-state index contributed by atoms with van der Waals surface area (Å²) in [6.45, 7) is 3.90. The van der Waals surface area contributed by atoms with Crippen molar-refractivity contribution in [2.75, 3.05) is 0 Å². The molecule has 0 aliphatic heterocycles. The average Bonchev–Trinajstić information content (AvgIpc) is 2.49. The maximum atomic E-state index is 12.1. The normalized spacial score (nSPS) is 17.8. The Balaban J connectivity index is 2.11. The molecular weight excluding hydrogens is 248 g/mol. The summed E-state index contributed by atoms with van der Waals surface area (Å²) in [4.78, 5) is 19.8. The van der Waals surface area contributed by atoms with Gasteiger partial charge >= 0.3 is 0 Å². The molecule has 1 heterocycles. The van der Waals surface area contributed by atoms with Gasteiger partial charge in [0.05, 0.1) is 5.69 Å². The third-order valence-corrected chi connectivity index (χ3v) is 4.30. The van der Waals surface area contributed by atoms with Crippen LogP contribution in [0.1, 0.15) is 53.9 Å². The highest BCUT2D eigenvalue weighted by Gasteiger charge is 2.24. The molecule has 3 rings (SSSR count). The van der Waals surface area contributed by atoms with Crippen LogP contribution in [0.4, 0.5) is 0 Å². The lowest BCUT2D eigenvalue weighted by Crippen LogP contribution is -2.22. The Bertz CT molecular complexity index is 688. The number of nitrogens with one attached hydrogen (secondary N) is 1. The second-order valence-electron chi connectivity index (χ2n) is 5.52. The molecule has 1 aliphatic carbocycles. The first kappa shape index (κ1) is 13.1. The molecule has 1 aromatic carbocycles. The van der Waals surface area contributed by atoms with E-state index in [0.29, 0.717) is 0 Å². The van der Waals surface area contributed by atoms with Gasteiger partial charge in [-0.3, -0.25) is 4.79 Å². The zero-order valence-electron chi connectivity index (χ0n) is 12.1. The van der Waals surface area contributed by atoms with E-state index in [1.54, 1.807) is 0 Å². The van der Waals surface area contributed by atoms with E-state index in [0.717, 1.165) is 42.8 Å². The van der Waals surface area contributed by atoms with Crippen molar-refractivity contribution in [1.29, 1.82) is 0 Å². The van der Waals surface area contributed by atoms with Crippen LogP contribution in [0.15, 0.2) is 29.1 Å². The molecule has 0 saturated carbocycles. The molecule has 0 amide bonds. The topological polar surface area (TPSA) is 45.8 Å². The zero-order chi connectivity index (χ0) is 14.1. The van der Waals surface area contributed by atoms with Gasteiger partial charge in [-0.1, -0.05) is 31.2 Å². The number of benzene rings is 1. The second kappa shape index (κ2) is 5.23. The quantitative estimate of drug-likeness (QED) is 0.909. The summed E-state index contributed by atoms with van der Waals surface area (Å²) < 4.78 is 0. The van der Waals surface area contributed by atoms with Gasteiger partial charge in [-0.2, -0.15) is 0 Å². The van der Waals surface area contributed by atoms with Crippen LogP contribution in [0.5, 0.6) is 0 Å². The molecule has 0 saturated heterocycles. The van der Waals surface area contributed by atoms with Crippen molar-refractivity contribution >= 4 is 0 Å². The van der Waals surface area contributed by atoms with E-state index in [4.69, 9.17) is 4.98 Å². The van der Waals surface area contributed by atoms with Crippen molar-refractivity contribution in [2.24, 2.45) is 0 Å². The smallest absolute Gasteiger partial charge is 0.254 e. The van der Waals surface area contributed by atoms with E-state index in [1.165, 1.54) is 11.1 Å². The van der Waals surface area contributed by atoms with E-state index in [1.807, 2.05) is 13.8 Å². The van der Waals surface area contributed by atoms with Gasteiger partial charge in [-0.25, -0.2) is 4.98 Å². The molecule has 0 radical (unpaired) electrons. The first-order chi connectivity index (χ1) is 9.70. The Labute approximate surface area is 119 Å². The first-order valence-electron chi connectivity index (χ1n) is 7.38. The lowest BCUT2D eigenvalue weighted by Gasteiger charge is -2.25. The van der Waals surface area contributed by atoms with Crippen molar-refractivity contribution in [3.8, 4) is 0 Å². The highest BCUT2D eigenvalue weighted by Crippen LogP contribution is 2.34. The van der Waals surface area contributed by atoms with E-state index in [9.17, 15) is 4.79 Å². The number of aromatic amines is 1. The molecule has 1 atom stereocenters. The van der Waals surface area contributed by atoms with Crippen molar-refractivity contribution < 1.29 is 0 Å². The first-order valence-corrected chi connectivity index (χ1v) is 7.38. The Morgan fingerprint density at radius 1 is 1.35 bits per heavy atom. The van der Waals surface area contributed by atoms with E-state index in [-0.39, 0.29) is 11.5 Å². The monoisotopic (exact) mass is 268 g/mol. The minimum atomic E-state index is 0.00917. The zero-order valence-corrected chi connectivity index (χ0v) is 12.1. The van der Waals surface area contributed by atoms with Crippen molar-refractivity contribution in [3.05, 3.63) is 62.8 Å². The van der Waals surface area contributed by atoms with Gasteiger partial charge in [0, 0.05) is 11.5 Å². The van der Waals surface area contributed by atoms with Gasteiger partial charge < -0.3 is 4.98 Å². The average molecular weight is 268 g/mol. The maximum Gasteiger partial charge on any atom is 0.254 e. The summed E-state index contributed by atoms with van der Waals surface area (Å²) in [5.41, 5.74) is 4.40. The molecule has 1 aromatic heterocycles. The Morgan fingerprint density at radius 3 is 2.95 bits per heavy atom. The third kappa shape index (κ3) is 2.17. The molecule has 1 unspecified atom stereocenters. The Kier molecular flexibility index (Phi) is 3.43. The maximum absolute atomic E-state index is 12.1. The fraction of sp³-hybridized carbons (Fsp3) is 0.412. The van der Waals surface area contributed by atoms with E-state index in [2.05, 4.69) is 29.2 Å². The highest BCUT2D eigenvalue weighted by molar-refractivity contribution is 5.36. The van der Waals surface area contributed by atoms with Gasteiger partial charge in [-0.15, -0.1) is 0 Å². The third-order valence-electron chi connectivity index (χ3n) is 4.30. The number of aromatic nitrogens is 2. The minimum Gasteiger partial charge on any atom is -0.310 e. The second-order valence-corrected chi connectivity index (χ2v) is 5.52. The van der Waals surface area contributed by atoms with Gasteiger partial charge in [0.25, 0.3) is 5.56 Å². The van der Waals surface area contributed by atoms with Crippen LogP contribution < -0.4 is 5.56 Å². The lowest BCUT2D eigenvalue weighted by molar-refractivity contribution is 0.584. The van der Waals surface area contributed by atoms with Crippen molar-refractivity contribution in [1.82, 2.24) is 9.97 Å². The molecule has 104 valence electrons. The Hall–Kier alpha value is -1.90. The van der Waals surface area contributed by atoms with Crippen LogP contribution in [0.25, 0.3) is 0 Å². The molecule has 20 heavy (non-hydrogen) atoms. The summed E-state index contributed by atoms with van der Waals surface area (Å²) in [5.74, 6) is 1.07. The summed E-state index contributed by atoms with van der Waals surface area (Å²) in [5, 5.41) is 0. The lowest BCUT2D eigenvalue weighted by atomic mass is 9.82. The van der Waals surface area contributed by atoms with Gasteiger partial charge in [0.15, 0.2) is 0 Å². The predicted octanol–water partition coefficient (Wildman–Crippen LogP) is 3.11. The molecule has 2 aromatic rings. The van der Waals surface area contributed by atoms with Gasteiger partial charge in [0.2, 0.25) is 0 Å². The van der Waals surface area contributed by atoms with Crippen LogP contribution in [-0.2, 0) is 12.8 Å². The molecule has 1 aliphatic rings. The molecule has 0 bridgehead atoms. The molecule has 0 spiro atoms. The largest absolute Gasteiger partial charge is 0.310 e. The van der Waals surface area contributed by atoms with Crippen LogP contribution in [0.2, 0.25) is 0 Å². The predicted molar refractivity (Wildman–Crippen MR) is 80.2 cm³/mol. The van der Waals surface area contributed by atoms with Crippen molar-refractivity contribution in [2.45, 2.75) is 45.4 Å². The summed E-state index contributed by atoms with van der Waals surface area (Å²) >= 11 is 0. The van der Waals surface area contributed by atoms with Gasteiger partial charge in [-0.05, 0) is 43.7 Å². The number of rotatable bonds is 2.